The third-order valence-corrected chi connectivity index (χ3v) is 3.92. The summed E-state index contributed by atoms with van der Waals surface area (Å²) >= 11 is 0. The average molecular weight is 332 g/mol. The molecule has 2 amide bonds. The zero-order chi connectivity index (χ0) is 17.5. The molecule has 1 atom stereocenters. The van der Waals surface area contributed by atoms with Crippen molar-refractivity contribution < 1.29 is 19.1 Å². The van der Waals surface area contributed by atoms with Gasteiger partial charge in [0, 0.05) is 25.1 Å². The summed E-state index contributed by atoms with van der Waals surface area (Å²) in [5.41, 5.74) is 1.08. The van der Waals surface area contributed by atoms with Gasteiger partial charge in [-0.1, -0.05) is 0 Å². The monoisotopic (exact) mass is 332 g/mol. The smallest absolute Gasteiger partial charge is 0.338 e. The maximum atomic E-state index is 12.0. The Kier molecular flexibility index (Phi) is 6.35. The first kappa shape index (κ1) is 18.0. The van der Waals surface area contributed by atoms with Crippen molar-refractivity contribution in [2.24, 2.45) is 0 Å². The summed E-state index contributed by atoms with van der Waals surface area (Å²) in [4.78, 5) is 34.9. The molecule has 0 saturated heterocycles. The largest absolute Gasteiger partial charge is 0.459 e. The van der Waals surface area contributed by atoms with Gasteiger partial charge in [0.15, 0.2) is 0 Å². The van der Waals surface area contributed by atoms with Crippen LogP contribution in [-0.4, -0.2) is 29.9 Å². The molecule has 0 heterocycles. The SMILES string of the molecule is CC(=O)N[C@@H](C)CC(=O)Nc1ccc(C(=O)OC2CCCC2)cc1. The first-order valence-corrected chi connectivity index (χ1v) is 8.32. The normalized spacial score (nSPS) is 15.6. The van der Waals surface area contributed by atoms with Gasteiger partial charge in [-0.05, 0) is 56.9 Å². The summed E-state index contributed by atoms with van der Waals surface area (Å²) in [6.07, 6.45) is 4.32. The molecular weight excluding hydrogens is 308 g/mol. The molecule has 2 N–H and O–H groups in total. The molecule has 0 unspecified atom stereocenters. The Balaban J connectivity index is 1.83. The van der Waals surface area contributed by atoms with Crippen LogP contribution in [-0.2, 0) is 14.3 Å². The van der Waals surface area contributed by atoms with E-state index in [2.05, 4.69) is 10.6 Å². The Hall–Kier alpha value is -2.37. The molecule has 1 aliphatic carbocycles. The van der Waals surface area contributed by atoms with Crippen LogP contribution in [0, 0.1) is 0 Å². The third-order valence-electron chi connectivity index (χ3n) is 3.92. The standard InChI is InChI=1S/C18H24N2O4/c1-12(19-13(2)21)11-17(22)20-15-9-7-14(8-10-15)18(23)24-16-5-3-4-6-16/h7-10,12,16H,3-6,11H2,1-2H3,(H,19,21)(H,20,22)/t12-/m0/s1. The van der Waals surface area contributed by atoms with Crippen molar-refractivity contribution in [2.45, 2.75) is 58.1 Å². The quantitative estimate of drug-likeness (QED) is 0.784. The molecule has 0 bridgehead atoms. The molecule has 1 aromatic rings. The highest BCUT2D eigenvalue weighted by atomic mass is 16.5. The van der Waals surface area contributed by atoms with E-state index in [1.54, 1.807) is 31.2 Å². The predicted molar refractivity (Wildman–Crippen MR) is 90.6 cm³/mol. The minimum Gasteiger partial charge on any atom is -0.459 e. The zero-order valence-electron chi connectivity index (χ0n) is 14.1. The van der Waals surface area contributed by atoms with Crippen molar-refractivity contribution in [3.63, 3.8) is 0 Å². The van der Waals surface area contributed by atoms with Crippen LogP contribution in [0.15, 0.2) is 24.3 Å². The van der Waals surface area contributed by atoms with E-state index < -0.39 is 0 Å². The lowest BCUT2D eigenvalue weighted by molar-refractivity contribution is -0.120. The van der Waals surface area contributed by atoms with Gasteiger partial charge in [0.05, 0.1) is 5.56 Å². The van der Waals surface area contributed by atoms with Crippen LogP contribution in [0.1, 0.15) is 56.3 Å². The lowest BCUT2D eigenvalue weighted by atomic mass is 10.2. The number of carbonyl (C=O) groups is 3. The number of nitrogens with one attached hydrogen (secondary N) is 2. The minimum atomic E-state index is -0.320. The van der Waals surface area contributed by atoms with Crippen LogP contribution < -0.4 is 10.6 Å². The first-order chi connectivity index (χ1) is 11.4. The highest BCUT2D eigenvalue weighted by molar-refractivity contribution is 5.93. The van der Waals surface area contributed by atoms with Crippen molar-refractivity contribution in [3.05, 3.63) is 29.8 Å². The van der Waals surface area contributed by atoms with Gasteiger partial charge >= 0.3 is 5.97 Å². The van der Waals surface area contributed by atoms with Crippen LogP contribution in [0.2, 0.25) is 0 Å². The number of esters is 1. The summed E-state index contributed by atoms with van der Waals surface area (Å²) in [5.74, 6) is -0.683. The maximum Gasteiger partial charge on any atom is 0.338 e. The topological polar surface area (TPSA) is 84.5 Å². The van der Waals surface area contributed by atoms with Gasteiger partial charge in [0.25, 0.3) is 0 Å². The molecule has 2 rings (SSSR count). The van der Waals surface area contributed by atoms with Crippen LogP contribution in [0.25, 0.3) is 0 Å². The molecular formula is C18H24N2O4. The zero-order valence-corrected chi connectivity index (χ0v) is 14.1. The first-order valence-electron chi connectivity index (χ1n) is 8.32. The van der Waals surface area contributed by atoms with Crippen molar-refractivity contribution in [2.75, 3.05) is 5.32 Å². The van der Waals surface area contributed by atoms with Crippen LogP contribution in [0.4, 0.5) is 5.69 Å². The molecule has 0 spiro atoms. The molecule has 0 aromatic heterocycles. The minimum absolute atomic E-state index is 0.0344. The summed E-state index contributed by atoms with van der Waals surface area (Å²) < 4.78 is 5.44. The number of ether oxygens (including phenoxy) is 1. The number of anilines is 1. The Morgan fingerprint density at radius 3 is 2.38 bits per heavy atom. The van der Waals surface area contributed by atoms with Gasteiger partial charge in [0.1, 0.15) is 6.10 Å². The van der Waals surface area contributed by atoms with Gasteiger partial charge in [-0.15, -0.1) is 0 Å². The Morgan fingerprint density at radius 2 is 1.79 bits per heavy atom. The molecule has 1 saturated carbocycles. The van der Waals surface area contributed by atoms with E-state index in [-0.39, 0.29) is 36.4 Å². The number of carbonyl (C=O) groups excluding carboxylic acids is 3. The lowest BCUT2D eigenvalue weighted by Gasteiger charge is -2.13. The second-order valence-corrected chi connectivity index (χ2v) is 6.24. The van der Waals surface area contributed by atoms with Crippen molar-refractivity contribution in [1.82, 2.24) is 5.32 Å². The fraction of sp³-hybridized carbons (Fsp3) is 0.500. The molecule has 1 aromatic carbocycles. The number of rotatable bonds is 6. The van der Waals surface area contributed by atoms with Crippen LogP contribution >= 0.6 is 0 Å². The molecule has 0 radical (unpaired) electrons. The second-order valence-electron chi connectivity index (χ2n) is 6.24. The Morgan fingerprint density at radius 1 is 1.17 bits per heavy atom. The van der Waals surface area contributed by atoms with Crippen molar-refractivity contribution >= 4 is 23.5 Å². The molecule has 6 heteroatoms. The van der Waals surface area contributed by atoms with Crippen LogP contribution in [0.5, 0.6) is 0 Å². The van der Waals surface area contributed by atoms with E-state index in [0.29, 0.717) is 11.3 Å². The van der Waals surface area contributed by atoms with E-state index in [9.17, 15) is 14.4 Å². The third kappa shape index (κ3) is 5.68. The van der Waals surface area contributed by atoms with Gasteiger partial charge in [-0.25, -0.2) is 4.79 Å². The summed E-state index contributed by atoms with van der Waals surface area (Å²) in [6.45, 7) is 3.18. The van der Waals surface area contributed by atoms with E-state index in [4.69, 9.17) is 4.74 Å². The van der Waals surface area contributed by atoms with E-state index in [1.165, 1.54) is 6.92 Å². The number of hydrogen-bond donors (Lipinski definition) is 2. The van der Waals surface area contributed by atoms with Gasteiger partial charge in [0.2, 0.25) is 11.8 Å². The Labute approximate surface area is 142 Å². The van der Waals surface area contributed by atoms with Gasteiger partial charge < -0.3 is 15.4 Å². The molecule has 1 fully saturated rings. The molecule has 6 nitrogen and oxygen atoms in total. The molecule has 1 aliphatic rings. The fourth-order valence-electron chi connectivity index (χ4n) is 2.80. The number of hydrogen-bond acceptors (Lipinski definition) is 4. The van der Waals surface area contributed by atoms with Gasteiger partial charge in [-0.2, -0.15) is 0 Å². The maximum absolute atomic E-state index is 12.0. The van der Waals surface area contributed by atoms with Gasteiger partial charge in [-0.3, -0.25) is 9.59 Å². The summed E-state index contributed by atoms with van der Waals surface area (Å²) in [6, 6.07) is 6.40. The molecule has 130 valence electrons. The highest BCUT2D eigenvalue weighted by Gasteiger charge is 2.20. The summed E-state index contributed by atoms with van der Waals surface area (Å²) in [7, 11) is 0. The van der Waals surface area contributed by atoms with Crippen LogP contribution in [0.3, 0.4) is 0 Å². The molecule has 0 aliphatic heterocycles. The van der Waals surface area contributed by atoms with E-state index >= 15 is 0 Å². The second kappa shape index (κ2) is 8.47. The summed E-state index contributed by atoms with van der Waals surface area (Å²) in [5, 5.41) is 5.40. The predicted octanol–water partition coefficient (Wildman–Crippen LogP) is 2.64. The highest BCUT2D eigenvalue weighted by Crippen LogP contribution is 2.22. The van der Waals surface area contributed by atoms with E-state index in [1.807, 2.05) is 0 Å². The average Bonchev–Trinajstić information content (AvgIpc) is 2.99. The molecule has 24 heavy (non-hydrogen) atoms. The lowest BCUT2D eigenvalue weighted by Crippen LogP contribution is -2.33. The Bertz CT molecular complexity index is 592. The van der Waals surface area contributed by atoms with E-state index in [0.717, 1.165) is 25.7 Å². The number of benzene rings is 1. The van der Waals surface area contributed by atoms with Crippen molar-refractivity contribution in [1.29, 1.82) is 0 Å². The fourth-order valence-corrected chi connectivity index (χ4v) is 2.80. The van der Waals surface area contributed by atoms with Crippen molar-refractivity contribution in [3.8, 4) is 0 Å². The number of amides is 2.